The van der Waals surface area contributed by atoms with Gasteiger partial charge in [-0.1, -0.05) is 11.6 Å². The van der Waals surface area contributed by atoms with Crippen molar-refractivity contribution in [3.8, 4) is 0 Å². The highest BCUT2D eigenvalue weighted by Crippen LogP contribution is 2.34. The van der Waals surface area contributed by atoms with Crippen LogP contribution in [-0.4, -0.2) is 34.7 Å². The van der Waals surface area contributed by atoms with Gasteiger partial charge in [0.15, 0.2) is 9.84 Å². The molecule has 1 aliphatic carbocycles. The molecule has 2 unspecified atom stereocenters. The van der Waals surface area contributed by atoms with Gasteiger partial charge >= 0.3 is 0 Å². The Morgan fingerprint density at radius 1 is 1.35 bits per heavy atom. The molecule has 0 amide bonds. The molecule has 0 saturated heterocycles. The zero-order valence-electron chi connectivity index (χ0n) is 10.8. The predicted molar refractivity (Wildman–Crippen MR) is 82.3 cm³/mol. The number of aromatic nitrogens is 2. The predicted octanol–water partition coefficient (Wildman–Crippen LogP) is 2.72. The van der Waals surface area contributed by atoms with E-state index in [-0.39, 0.29) is 11.3 Å². The Labute approximate surface area is 126 Å². The first-order valence-corrected chi connectivity index (χ1v) is 9.39. The number of nitrogens with one attached hydrogen (secondary N) is 1. The van der Waals surface area contributed by atoms with Gasteiger partial charge in [0.1, 0.15) is 11.0 Å². The third-order valence-electron chi connectivity index (χ3n) is 3.71. The lowest BCUT2D eigenvalue weighted by Crippen LogP contribution is -2.34. The lowest BCUT2D eigenvalue weighted by atomic mass is 10.2. The van der Waals surface area contributed by atoms with Gasteiger partial charge in [-0.3, -0.25) is 0 Å². The van der Waals surface area contributed by atoms with E-state index in [4.69, 9.17) is 11.6 Å². The number of hydrogen-bond donors (Lipinski definition) is 1. The maximum Gasteiger partial charge on any atom is 0.152 e. The molecule has 5 nitrogen and oxygen atoms in total. The average Bonchev–Trinajstić information content (AvgIpc) is 3.00. The number of anilines is 1. The highest BCUT2D eigenvalue weighted by Gasteiger charge is 2.35. The molecular weight excluding hydrogens is 318 g/mol. The van der Waals surface area contributed by atoms with Crippen molar-refractivity contribution in [3.63, 3.8) is 0 Å². The largest absolute Gasteiger partial charge is 0.378 e. The molecular formula is C12H14ClN3O2S2. The Bertz CT molecular complexity index is 744. The van der Waals surface area contributed by atoms with E-state index in [0.29, 0.717) is 22.6 Å². The summed E-state index contributed by atoms with van der Waals surface area (Å²) in [6.45, 7) is 0. The van der Waals surface area contributed by atoms with Crippen molar-refractivity contribution in [1.82, 2.24) is 8.75 Å². The molecule has 0 aliphatic heterocycles. The van der Waals surface area contributed by atoms with Gasteiger partial charge in [-0.25, -0.2) is 8.42 Å². The number of fused-ring (bicyclic) bond motifs is 1. The van der Waals surface area contributed by atoms with Crippen molar-refractivity contribution in [2.75, 3.05) is 11.6 Å². The molecule has 1 aromatic carbocycles. The molecule has 0 bridgehead atoms. The summed E-state index contributed by atoms with van der Waals surface area (Å²) >= 11 is 7.35. The number of benzene rings is 1. The highest BCUT2D eigenvalue weighted by molar-refractivity contribution is 7.91. The van der Waals surface area contributed by atoms with Crippen LogP contribution in [0.3, 0.4) is 0 Å². The van der Waals surface area contributed by atoms with Crippen LogP contribution in [0.4, 0.5) is 5.69 Å². The third-order valence-corrected chi connectivity index (χ3v) is 6.23. The van der Waals surface area contributed by atoms with Crippen LogP contribution in [0.15, 0.2) is 12.1 Å². The van der Waals surface area contributed by atoms with Crippen LogP contribution in [0.2, 0.25) is 5.02 Å². The lowest BCUT2D eigenvalue weighted by Gasteiger charge is -2.21. The first kappa shape index (κ1) is 14.0. The molecule has 1 heterocycles. The summed E-state index contributed by atoms with van der Waals surface area (Å²) in [5.74, 6) is 0. The summed E-state index contributed by atoms with van der Waals surface area (Å²) in [7, 11) is -3.06. The molecule has 0 spiro atoms. The van der Waals surface area contributed by atoms with Gasteiger partial charge in [-0.2, -0.15) is 8.75 Å². The SMILES string of the molecule is CS(=O)(=O)C1CCCC1Nc1c(Cl)ccc2nsnc12. The fraction of sp³-hybridized carbons (Fsp3) is 0.500. The number of halogens is 1. The Kier molecular flexibility index (Phi) is 3.60. The number of sulfone groups is 1. The summed E-state index contributed by atoms with van der Waals surface area (Å²) in [5.41, 5.74) is 2.18. The summed E-state index contributed by atoms with van der Waals surface area (Å²) in [6.07, 6.45) is 3.71. The van der Waals surface area contributed by atoms with Gasteiger partial charge in [0.2, 0.25) is 0 Å². The monoisotopic (exact) mass is 331 g/mol. The minimum Gasteiger partial charge on any atom is -0.378 e. The molecule has 1 fully saturated rings. The zero-order chi connectivity index (χ0) is 14.3. The molecule has 108 valence electrons. The smallest absolute Gasteiger partial charge is 0.152 e. The fourth-order valence-electron chi connectivity index (χ4n) is 2.75. The van der Waals surface area contributed by atoms with E-state index in [1.54, 1.807) is 6.07 Å². The van der Waals surface area contributed by atoms with Gasteiger partial charge in [0.25, 0.3) is 0 Å². The molecule has 1 aromatic heterocycles. The summed E-state index contributed by atoms with van der Waals surface area (Å²) in [6, 6.07) is 3.46. The van der Waals surface area contributed by atoms with E-state index >= 15 is 0 Å². The second-order valence-electron chi connectivity index (χ2n) is 5.10. The first-order valence-electron chi connectivity index (χ1n) is 6.33. The molecule has 1 saturated carbocycles. The summed E-state index contributed by atoms with van der Waals surface area (Å²) < 4.78 is 32.1. The van der Waals surface area contributed by atoms with Crippen molar-refractivity contribution in [1.29, 1.82) is 0 Å². The molecule has 2 aromatic rings. The summed E-state index contributed by atoms with van der Waals surface area (Å²) in [4.78, 5) is 0. The van der Waals surface area contributed by atoms with Crippen LogP contribution < -0.4 is 5.32 Å². The second-order valence-corrected chi connectivity index (χ2v) is 8.30. The van der Waals surface area contributed by atoms with Crippen LogP contribution in [0.5, 0.6) is 0 Å². The quantitative estimate of drug-likeness (QED) is 0.936. The van der Waals surface area contributed by atoms with Crippen molar-refractivity contribution >= 4 is 49.9 Å². The van der Waals surface area contributed by atoms with E-state index in [2.05, 4.69) is 14.1 Å². The first-order chi connectivity index (χ1) is 9.47. The normalized spacial score (nSPS) is 23.3. The minimum absolute atomic E-state index is 0.116. The molecule has 2 atom stereocenters. The lowest BCUT2D eigenvalue weighted by molar-refractivity contribution is 0.579. The molecule has 1 N–H and O–H groups in total. The molecule has 0 radical (unpaired) electrons. The van der Waals surface area contributed by atoms with E-state index in [1.165, 1.54) is 6.26 Å². The zero-order valence-corrected chi connectivity index (χ0v) is 13.2. The van der Waals surface area contributed by atoms with E-state index in [9.17, 15) is 8.42 Å². The fourth-order valence-corrected chi connectivity index (χ4v) is 4.90. The van der Waals surface area contributed by atoms with Crippen molar-refractivity contribution in [2.45, 2.75) is 30.6 Å². The van der Waals surface area contributed by atoms with Crippen LogP contribution in [0.25, 0.3) is 11.0 Å². The van der Waals surface area contributed by atoms with Crippen molar-refractivity contribution in [3.05, 3.63) is 17.2 Å². The topological polar surface area (TPSA) is 72.0 Å². The van der Waals surface area contributed by atoms with Crippen LogP contribution in [0, 0.1) is 0 Å². The van der Waals surface area contributed by atoms with Gasteiger partial charge in [0, 0.05) is 12.3 Å². The minimum atomic E-state index is -3.06. The van der Waals surface area contributed by atoms with Crippen LogP contribution >= 0.6 is 23.3 Å². The standard InChI is InChI=1S/C12H14ClN3O2S2/c1-20(17,18)10-4-2-3-8(10)14-11-7(13)5-6-9-12(11)16-19-15-9/h5-6,8,10,14H,2-4H2,1H3. The average molecular weight is 332 g/mol. The van der Waals surface area contributed by atoms with E-state index in [1.807, 2.05) is 6.07 Å². The van der Waals surface area contributed by atoms with Gasteiger partial charge in [-0.05, 0) is 31.4 Å². The molecule has 1 aliphatic rings. The van der Waals surface area contributed by atoms with Gasteiger partial charge in [-0.15, -0.1) is 0 Å². The maximum atomic E-state index is 11.8. The third kappa shape index (κ3) is 2.49. The maximum absolute atomic E-state index is 11.8. The van der Waals surface area contributed by atoms with Gasteiger partial charge in [0.05, 0.1) is 27.7 Å². The summed E-state index contributed by atoms with van der Waals surface area (Å²) in [5, 5.41) is 3.47. The van der Waals surface area contributed by atoms with Crippen molar-refractivity contribution < 1.29 is 8.42 Å². The number of hydrogen-bond acceptors (Lipinski definition) is 6. The van der Waals surface area contributed by atoms with E-state index < -0.39 is 9.84 Å². The van der Waals surface area contributed by atoms with Crippen LogP contribution in [0.1, 0.15) is 19.3 Å². The highest BCUT2D eigenvalue weighted by atomic mass is 35.5. The Morgan fingerprint density at radius 3 is 2.90 bits per heavy atom. The Balaban J connectivity index is 1.97. The van der Waals surface area contributed by atoms with Gasteiger partial charge < -0.3 is 5.32 Å². The molecule has 3 rings (SSSR count). The van der Waals surface area contributed by atoms with Crippen molar-refractivity contribution in [2.24, 2.45) is 0 Å². The molecule has 8 heteroatoms. The Morgan fingerprint density at radius 2 is 2.15 bits per heavy atom. The Hall–Kier alpha value is -0.920. The molecule has 20 heavy (non-hydrogen) atoms. The number of rotatable bonds is 3. The number of nitrogens with zero attached hydrogens (tertiary/aromatic N) is 2. The second kappa shape index (κ2) is 5.13. The van der Waals surface area contributed by atoms with Crippen LogP contribution in [-0.2, 0) is 9.84 Å². The van der Waals surface area contributed by atoms with E-state index in [0.717, 1.165) is 30.1 Å².